The molecule has 0 saturated carbocycles. The summed E-state index contributed by atoms with van der Waals surface area (Å²) in [6.07, 6.45) is 1.33. The van der Waals surface area contributed by atoms with Gasteiger partial charge in [-0.2, -0.15) is 17.5 Å². The summed E-state index contributed by atoms with van der Waals surface area (Å²) in [4.78, 5) is 25.6. The summed E-state index contributed by atoms with van der Waals surface area (Å²) >= 11 is 0.992. The molecule has 10 heteroatoms. The molecular weight excluding hydrogens is 442 g/mol. The number of carboxylic acid groups (broad SMARTS) is 1. The zero-order valence-corrected chi connectivity index (χ0v) is 17.0. The smallest absolute Gasteiger partial charge is 0.387 e. The number of aromatic nitrogens is 2. The molecule has 0 unspecified atom stereocenters. The highest BCUT2D eigenvalue weighted by Crippen LogP contribution is 2.28. The Morgan fingerprint density at radius 3 is 2.41 bits per heavy atom. The number of ketones is 1. The fraction of sp³-hybridized carbons (Fsp3) is 0.0909. The van der Waals surface area contributed by atoms with Gasteiger partial charge in [0.05, 0.1) is 23.6 Å². The van der Waals surface area contributed by atoms with Crippen molar-refractivity contribution < 1.29 is 32.6 Å². The third kappa shape index (κ3) is 4.54. The topological polar surface area (TPSA) is 103 Å². The van der Waals surface area contributed by atoms with Crippen LogP contribution >= 0.6 is 11.7 Å². The standard InChI is InChI=1S/C22H14F2N2O5S/c23-22(24)31-14-6-3-12(4-7-14)20(27)16(11-15-2-1-9-30-15)19(21(28)29)13-5-8-17-18(10-13)26-32-25-17/h1-10,22H,11H2,(H,28,29). The first-order valence-corrected chi connectivity index (χ1v) is 9.96. The Morgan fingerprint density at radius 1 is 1.03 bits per heavy atom. The van der Waals surface area contributed by atoms with Gasteiger partial charge in [-0.3, -0.25) is 4.79 Å². The second-order valence-electron chi connectivity index (χ2n) is 6.61. The molecule has 2 heterocycles. The minimum Gasteiger partial charge on any atom is -0.478 e. The molecule has 0 saturated heterocycles. The predicted octanol–water partition coefficient (Wildman–Crippen LogP) is 4.85. The van der Waals surface area contributed by atoms with Crippen molar-refractivity contribution in [3.05, 3.63) is 83.3 Å². The van der Waals surface area contributed by atoms with Crippen LogP contribution in [0.4, 0.5) is 8.78 Å². The van der Waals surface area contributed by atoms with Crippen molar-refractivity contribution in [1.29, 1.82) is 0 Å². The van der Waals surface area contributed by atoms with Crippen LogP contribution in [0.3, 0.4) is 0 Å². The number of furan rings is 1. The Balaban J connectivity index is 1.82. The van der Waals surface area contributed by atoms with E-state index in [1.54, 1.807) is 30.3 Å². The summed E-state index contributed by atoms with van der Waals surface area (Å²) in [5.41, 5.74) is 1.27. The molecule has 7 nitrogen and oxygen atoms in total. The van der Waals surface area contributed by atoms with Gasteiger partial charge in [0.25, 0.3) is 0 Å². The van der Waals surface area contributed by atoms with E-state index in [0.717, 1.165) is 11.7 Å². The van der Waals surface area contributed by atoms with Crippen LogP contribution in [0.15, 0.2) is 70.9 Å². The number of rotatable bonds is 8. The Kier molecular flexibility index (Phi) is 6.04. The lowest BCUT2D eigenvalue weighted by Crippen LogP contribution is -2.14. The second kappa shape index (κ2) is 9.06. The summed E-state index contributed by atoms with van der Waals surface area (Å²) in [5.74, 6) is -1.62. The summed E-state index contributed by atoms with van der Waals surface area (Å²) < 4.78 is 42.7. The zero-order chi connectivity index (χ0) is 22.7. The number of fused-ring (bicyclic) bond motifs is 1. The van der Waals surface area contributed by atoms with E-state index < -0.39 is 18.4 Å². The van der Waals surface area contributed by atoms with E-state index in [4.69, 9.17) is 4.42 Å². The number of carbonyl (C=O) groups is 2. The molecule has 0 aliphatic rings. The Hall–Kier alpha value is -3.92. The molecule has 0 bridgehead atoms. The number of carboxylic acids is 1. The number of carbonyl (C=O) groups excluding carboxylic acids is 1. The molecule has 4 aromatic rings. The van der Waals surface area contributed by atoms with E-state index in [2.05, 4.69) is 13.5 Å². The lowest BCUT2D eigenvalue weighted by atomic mass is 9.91. The molecule has 0 atom stereocenters. The molecule has 1 N–H and O–H groups in total. The van der Waals surface area contributed by atoms with E-state index in [-0.39, 0.29) is 34.4 Å². The third-order valence-electron chi connectivity index (χ3n) is 4.60. The van der Waals surface area contributed by atoms with Crippen LogP contribution in [-0.2, 0) is 11.2 Å². The van der Waals surface area contributed by atoms with E-state index in [9.17, 15) is 23.5 Å². The van der Waals surface area contributed by atoms with E-state index in [1.807, 2.05) is 0 Å². The third-order valence-corrected chi connectivity index (χ3v) is 5.16. The number of allylic oxidation sites excluding steroid dienone is 1. The van der Waals surface area contributed by atoms with Gasteiger partial charge in [-0.1, -0.05) is 6.07 Å². The lowest BCUT2D eigenvalue weighted by molar-refractivity contribution is -0.130. The number of nitrogens with zero attached hydrogens (tertiary/aromatic N) is 2. The molecular formula is C22H14F2N2O5S. The summed E-state index contributed by atoms with van der Waals surface area (Å²) in [6.45, 7) is -3.00. The van der Waals surface area contributed by atoms with Crippen LogP contribution in [0.1, 0.15) is 21.7 Å². The average Bonchev–Trinajstić information content (AvgIpc) is 3.44. The van der Waals surface area contributed by atoms with Crippen molar-refractivity contribution in [3.63, 3.8) is 0 Å². The number of benzene rings is 2. The number of alkyl halides is 2. The Bertz CT molecular complexity index is 1300. The number of hydrogen-bond acceptors (Lipinski definition) is 7. The molecule has 0 aliphatic heterocycles. The quantitative estimate of drug-likeness (QED) is 0.299. The lowest BCUT2D eigenvalue weighted by Gasteiger charge is -2.12. The van der Waals surface area contributed by atoms with Crippen molar-refractivity contribution in [1.82, 2.24) is 8.75 Å². The first-order valence-electron chi connectivity index (χ1n) is 9.23. The van der Waals surface area contributed by atoms with Gasteiger partial charge in [0.1, 0.15) is 22.5 Å². The molecule has 162 valence electrons. The van der Waals surface area contributed by atoms with Crippen LogP contribution in [-0.4, -0.2) is 32.2 Å². The van der Waals surface area contributed by atoms with Crippen LogP contribution < -0.4 is 4.74 Å². The highest BCUT2D eigenvalue weighted by molar-refractivity contribution is 7.00. The van der Waals surface area contributed by atoms with E-state index in [0.29, 0.717) is 16.8 Å². The maximum atomic E-state index is 13.4. The van der Waals surface area contributed by atoms with Crippen molar-refractivity contribution in [2.24, 2.45) is 0 Å². The van der Waals surface area contributed by atoms with Gasteiger partial charge in [0, 0.05) is 17.6 Å². The number of Topliss-reactive ketones (excluding diaryl/α,β-unsaturated/α-hetero) is 1. The maximum absolute atomic E-state index is 13.4. The van der Waals surface area contributed by atoms with Crippen LogP contribution in [0, 0.1) is 0 Å². The fourth-order valence-corrected chi connectivity index (χ4v) is 3.71. The first-order chi connectivity index (χ1) is 15.4. The molecule has 2 aromatic heterocycles. The molecule has 4 rings (SSSR count). The number of ether oxygens (including phenoxy) is 1. The Labute approximate surface area is 183 Å². The summed E-state index contributed by atoms with van der Waals surface area (Å²) in [5, 5.41) is 10.0. The number of hydrogen-bond donors (Lipinski definition) is 1. The van der Waals surface area contributed by atoms with Crippen LogP contribution in [0.2, 0.25) is 0 Å². The largest absolute Gasteiger partial charge is 0.478 e. The molecule has 0 radical (unpaired) electrons. The van der Waals surface area contributed by atoms with Gasteiger partial charge in [0.2, 0.25) is 0 Å². The van der Waals surface area contributed by atoms with E-state index >= 15 is 0 Å². The summed E-state index contributed by atoms with van der Waals surface area (Å²) in [6, 6.07) is 13.0. The molecule has 0 amide bonds. The molecule has 0 spiro atoms. The predicted molar refractivity (Wildman–Crippen MR) is 112 cm³/mol. The number of aliphatic carboxylic acids is 1. The maximum Gasteiger partial charge on any atom is 0.387 e. The first kappa shape index (κ1) is 21.3. The molecule has 0 aliphatic carbocycles. The number of halogens is 2. The van der Waals surface area contributed by atoms with Gasteiger partial charge in [-0.05, 0) is 54.1 Å². The van der Waals surface area contributed by atoms with Gasteiger partial charge in [-0.15, -0.1) is 0 Å². The SMILES string of the molecule is O=C(O)C(=C(Cc1ccco1)C(=O)c1ccc(OC(F)F)cc1)c1ccc2nsnc2c1. The minimum absolute atomic E-state index is 0.0301. The van der Waals surface area contributed by atoms with Crippen LogP contribution in [0.5, 0.6) is 5.75 Å². The van der Waals surface area contributed by atoms with E-state index in [1.165, 1.54) is 30.5 Å². The van der Waals surface area contributed by atoms with Crippen molar-refractivity contribution in [2.75, 3.05) is 0 Å². The molecule has 0 fully saturated rings. The molecule has 32 heavy (non-hydrogen) atoms. The van der Waals surface area contributed by atoms with Gasteiger partial charge in [-0.25, -0.2) is 4.79 Å². The molecule has 2 aromatic carbocycles. The van der Waals surface area contributed by atoms with Gasteiger partial charge >= 0.3 is 12.6 Å². The Morgan fingerprint density at radius 2 is 1.75 bits per heavy atom. The normalized spacial score (nSPS) is 12.1. The monoisotopic (exact) mass is 456 g/mol. The van der Waals surface area contributed by atoms with Crippen LogP contribution in [0.25, 0.3) is 16.6 Å². The minimum atomic E-state index is -3.00. The van der Waals surface area contributed by atoms with Crippen molar-refractivity contribution in [2.45, 2.75) is 13.0 Å². The highest BCUT2D eigenvalue weighted by atomic mass is 32.1. The van der Waals surface area contributed by atoms with Crippen molar-refractivity contribution in [3.8, 4) is 5.75 Å². The van der Waals surface area contributed by atoms with Crippen molar-refractivity contribution >= 4 is 40.1 Å². The summed E-state index contributed by atoms with van der Waals surface area (Å²) in [7, 11) is 0. The second-order valence-corrected chi connectivity index (χ2v) is 7.14. The van der Waals surface area contributed by atoms with Gasteiger partial charge < -0.3 is 14.3 Å². The fourth-order valence-electron chi connectivity index (χ4n) is 3.20. The highest BCUT2D eigenvalue weighted by Gasteiger charge is 2.25. The average molecular weight is 456 g/mol. The van der Waals surface area contributed by atoms with Gasteiger partial charge in [0.15, 0.2) is 5.78 Å². The zero-order valence-electron chi connectivity index (χ0n) is 16.2.